The number of carbonyl (C=O) groups is 2. The first-order valence-electron chi connectivity index (χ1n) is 9.69. The van der Waals surface area contributed by atoms with Gasteiger partial charge >= 0.3 is 0 Å². The summed E-state index contributed by atoms with van der Waals surface area (Å²) >= 11 is 0. The van der Waals surface area contributed by atoms with Gasteiger partial charge in [-0.15, -0.1) is 0 Å². The van der Waals surface area contributed by atoms with Crippen LogP contribution in [0.15, 0.2) is 30.3 Å². The number of likely N-dealkylation sites (tertiary alicyclic amines) is 2. The highest BCUT2D eigenvalue weighted by Crippen LogP contribution is 2.45. The molecule has 2 amide bonds. The number of nitrogens with zero attached hydrogens (tertiary/aromatic N) is 2. The number of rotatable bonds is 6. The minimum Gasteiger partial charge on any atom is -0.384 e. The van der Waals surface area contributed by atoms with Gasteiger partial charge in [0.1, 0.15) is 0 Å². The van der Waals surface area contributed by atoms with Crippen LogP contribution in [-0.4, -0.2) is 61.5 Å². The molecule has 1 aromatic rings. The number of aryl methyl sites for hydroxylation is 1. The molecule has 0 aromatic heterocycles. The predicted molar refractivity (Wildman–Crippen MR) is 101 cm³/mol. The molecule has 0 radical (unpaired) electrons. The lowest BCUT2D eigenvalue weighted by Gasteiger charge is -2.41. The van der Waals surface area contributed by atoms with Gasteiger partial charge in [-0.05, 0) is 31.7 Å². The average molecular weight is 358 g/mol. The maximum absolute atomic E-state index is 12.6. The van der Waals surface area contributed by atoms with Crippen LogP contribution in [0.5, 0.6) is 0 Å². The van der Waals surface area contributed by atoms with Crippen LogP contribution < -0.4 is 0 Å². The molecule has 1 spiro atoms. The zero-order valence-corrected chi connectivity index (χ0v) is 15.9. The van der Waals surface area contributed by atoms with Crippen molar-refractivity contribution in [1.29, 1.82) is 0 Å². The zero-order chi connectivity index (χ0) is 18.6. The molecule has 1 atom stereocenters. The molecule has 0 bridgehead atoms. The zero-order valence-electron chi connectivity index (χ0n) is 15.9. The van der Waals surface area contributed by atoms with E-state index in [1.165, 1.54) is 5.56 Å². The monoisotopic (exact) mass is 358 g/mol. The third-order valence-corrected chi connectivity index (χ3v) is 6.15. The molecule has 26 heavy (non-hydrogen) atoms. The van der Waals surface area contributed by atoms with Crippen molar-refractivity contribution >= 4 is 11.8 Å². The van der Waals surface area contributed by atoms with Gasteiger partial charge in [0.25, 0.3) is 0 Å². The Hall–Kier alpha value is -1.88. The highest BCUT2D eigenvalue weighted by molar-refractivity contribution is 5.82. The van der Waals surface area contributed by atoms with E-state index in [1.807, 2.05) is 34.9 Å². The predicted octanol–water partition coefficient (Wildman–Crippen LogP) is 2.35. The second-order valence-electron chi connectivity index (χ2n) is 7.59. The van der Waals surface area contributed by atoms with Crippen molar-refractivity contribution in [2.45, 2.75) is 32.6 Å². The highest BCUT2D eigenvalue weighted by atomic mass is 16.5. The SMILES string of the molecule is CCN1CC2(CCN(C(=O)CCc3ccccc3)CC2)[C@@H](COC)C1=O. The molecular formula is C21H30N2O3. The summed E-state index contributed by atoms with van der Waals surface area (Å²) in [5.41, 5.74) is 1.17. The number of hydrogen-bond acceptors (Lipinski definition) is 3. The third-order valence-electron chi connectivity index (χ3n) is 6.15. The van der Waals surface area contributed by atoms with E-state index >= 15 is 0 Å². The van der Waals surface area contributed by atoms with Crippen LogP contribution in [0.3, 0.4) is 0 Å². The lowest BCUT2D eigenvalue weighted by atomic mass is 9.71. The lowest BCUT2D eigenvalue weighted by molar-refractivity contribution is -0.135. The van der Waals surface area contributed by atoms with E-state index < -0.39 is 0 Å². The number of carbonyl (C=O) groups excluding carboxylic acids is 2. The van der Waals surface area contributed by atoms with E-state index in [9.17, 15) is 9.59 Å². The summed E-state index contributed by atoms with van der Waals surface area (Å²) in [6.45, 7) is 5.57. The number of hydrogen-bond donors (Lipinski definition) is 0. The Labute approximate surface area is 156 Å². The molecule has 2 fully saturated rings. The first kappa shape index (κ1) is 18.9. The summed E-state index contributed by atoms with van der Waals surface area (Å²) in [6, 6.07) is 10.1. The fourth-order valence-corrected chi connectivity index (χ4v) is 4.49. The van der Waals surface area contributed by atoms with Crippen LogP contribution >= 0.6 is 0 Å². The van der Waals surface area contributed by atoms with Crippen molar-refractivity contribution < 1.29 is 14.3 Å². The van der Waals surface area contributed by atoms with Crippen LogP contribution in [0, 0.1) is 11.3 Å². The van der Waals surface area contributed by atoms with Crippen molar-refractivity contribution in [3.8, 4) is 0 Å². The third kappa shape index (κ3) is 3.78. The molecular weight excluding hydrogens is 328 g/mol. The second-order valence-corrected chi connectivity index (χ2v) is 7.59. The number of amides is 2. The van der Waals surface area contributed by atoms with Crippen LogP contribution in [-0.2, 0) is 20.7 Å². The number of methoxy groups -OCH3 is 1. The number of ether oxygens (including phenoxy) is 1. The molecule has 1 aromatic carbocycles. The molecule has 3 rings (SSSR count). The van der Waals surface area contributed by atoms with Crippen molar-refractivity contribution in [1.82, 2.24) is 9.80 Å². The molecule has 0 N–H and O–H groups in total. The second kappa shape index (κ2) is 8.21. The molecule has 2 saturated heterocycles. The standard InChI is InChI=1S/C21H30N2O3/c1-3-22-16-21(18(15-26-2)20(22)25)11-13-23(14-12-21)19(24)10-9-17-7-5-4-6-8-17/h4-8,18H,3,9-16H2,1-2H3/t18-/m0/s1. The summed E-state index contributed by atoms with van der Waals surface area (Å²) < 4.78 is 5.35. The molecule has 0 aliphatic carbocycles. The number of piperidine rings is 1. The summed E-state index contributed by atoms with van der Waals surface area (Å²) in [5.74, 6) is 0.385. The highest BCUT2D eigenvalue weighted by Gasteiger charge is 2.52. The lowest BCUT2D eigenvalue weighted by Crippen LogP contribution is -2.47. The van der Waals surface area contributed by atoms with E-state index in [1.54, 1.807) is 7.11 Å². The van der Waals surface area contributed by atoms with Gasteiger partial charge in [-0.2, -0.15) is 0 Å². The Morgan fingerprint density at radius 1 is 1.23 bits per heavy atom. The smallest absolute Gasteiger partial charge is 0.228 e. The molecule has 0 unspecified atom stereocenters. The van der Waals surface area contributed by atoms with Crippen molar-refractivity contribution in [2.75, 3.05) is 39.9 Å². The van der Waals surface area contributed by atoms with E-state index in [0.717, 1.165) is 45.4 Å². The Bertz CT molecular complexity index is 623. The largest absolute Gasteiger partial charge is 0.384 e. The van der Waals surface area contributed by atoms with Gasteiger partial charge in [0.15, 0.2) is 0 Å². The summed E-state index contributed by atoms with van der Waals surface area (Å²) in [4.78, 5) is 29.2. The minimum atomic E-state index is -0.0611. The number of benzene rings is 1. The van der Waals surface area contributed by atoms with Crippen LogP contribution in [0.25, 0.3) is 0 Å². The van der Waals surface area contributed by atoms with Crippen LogP contribution in [0.2, 0.25) is 0 Å². The molecule has 2 aliphatic heterocycles. The first-order chi connectivity index (χ1) is 12.6. The van der Waals surface area contributed by atoms with E-state index in [-0.39, 0.29) is 23.1 Å². The minimum absolute atomic E-state index is 0.0285. The van der Waals surface area contributed by atoms with E-state index in [0.29, 0.717) is 13.0 Å². The molecule has 142 valence electrons. The van der Waals surface area contributed by atoms with Gasteiger partial charge in [-0.25, -0.2) is 0 Å². The Balaban J connectivity index is 1.57. The maximum Gasteiger partial charge on any atom is 0.228 e. The molecule has 2 aliphatic rings. The van der Waals surface area contributed by atoms with E-state index in [4.69, 9.17) is 4.74 Å². The quantitative estimate of drug-likeness (QED) is 0.784. The van der Waals surface area contributed by atoms with Crippen molar-refractivity contribution in [3.63, 3.8) is 0 Å². The molecule has 0 saturated carbocycles. The van der Waals surface area contributed by atoms with Gasteiger partial charge in [0, 0.05) is 45.1 Å². The normalized spacial score (nSPS) is 22.2. The average Bonchev–Trinajstić information content (AvgIpc) is 2.93. The van der Waals surface area contributed by atoms with Gasteiger partial charge in [-0.1, -0.05) is 30.3 Å². The first-order valence-corrected chi connectivity index (χ1v) is 9.69. The Morgan fingerprint density at radius 2 is 1.92 bits per heavy atom. The van der Waals surface area contributed by atoms with Gasteiger partial charge < -0.3 is 14.5 Å². The van der Waals surface area contributed by atoms with Crippen molar-refractivity contribution in [3.05, 3.63) is 35.9 Å². The fourth-order valence-electron chi connectivity index (χ4n) is 4.49. The molecule has 2 heterocycles. The topological polar surface area (TPSA) is 49.9 Å². The summed E-state index contributed by atoms with van der Waals surface area (Å²) in [5, 5.41) is 0. The van der Waals surface area contributed by atoms with Crippen molar-refractivity contribution in [2.24, 2.45) is 11.3 Å². The summed E-state index contributed by atoms with van der Waals surface area (Å²) in [7, 11) is 1.66. The molecule has 5 heteroatoms. The maximum atomic E-state index is 12.6. The summed E-state index contributed by atoms with van der Waals surface area (Å²) in [6.07, 6.45) is 3.12. The Morgan fingerprint density at radius 3 is 2.54 bits per heavy atom. The van der Waals surface area contributed by atoms with Crippen LogP contribution in [0.1, 0.15) is 31.7 Å². The van der Waals surface area contributed by atoms with Gasteiger partial charge in [-0.3, -0.25) is 9.59 Å². The molecule has 5 nitrogen and oxygen atoms in total. The van der Waals surface area contributed by atoms with E-state index in [2.05, 4.69) is 12.1 Å². The van der Waals surface area contributed by atoms with Gasteiger partial charge in [0.05, 0.1) is 12.5 Å². The van der Waals surface area contributed by atoms with Gasteiger partial charge in [0.2, 0.25) is 11.8 Å². The fraction of sp³-hybridized carbons (Fsp3) is 0.619. The van der Waals surface area contributed by atoms with Crippen LogP contribution in [0.4, 0.5) is 0 Å². The Kier molecular flexibility index (Phi) is 5.97.